The lowest BCUT2D eigenvalue weighted by atomic mass is 10.1. The number of amides is 1. The van der Waals surface area contributed by atoms with E-state index in [9.17, 15) is 13.2 Å². The Bertz CT molecular complexity index is 965. The molecule has 0 fully saturated rings. The second-order valence-corrected chi connectivity index (χ2v) is 8.62. The summed E-state index contributed by atoms with van der Waals surface area (Å²) in [6, 6.07) is 10.9. The molecule has 158 valence electrons. The van der Waals surface area contributed by atoms with Crippen LogP contribution in [0.3, 0.4) is 0 Å². The summed E-state index contributed by atoms with van der Waals surface area (Å²) in [6.07, 6.45) is 1.30. The Hall–Kier alpha value is -2.45. The van der Waals surface area contributed by atoms with Gasteiger partial charge in [-0.05, 0) is 30.7 Å². The van der Waals surface area contributed by atoms with Crippen LogP contribution >= 0.6 is 11.6 Å². The number of benzene rings is 2. The van der Waals surface area contributed by atoms with Crippen LogP contribution in [0.25, 0.3) is 0 Å². The normalized spacial score (nSPS) is 12.2. The first-order valence-corrected chi connectivity index (χ1v) is 11.2. The zero-order chi connectivity index (χ0) is 21.6. The van der Waals surface area contributed by atoms with Crippen molar-refractivity contribution in [2.75, 3.05) is 24.8 Å². The van der Waals surface area contributed by atoms with Crippen LogP contribution in [0.4, 0.5) is 5.69 Å². The molecular weight excluding hydrogens is 416 g/mol. The molecule has 1 N–H and O–H groups in total. The summed E-state index contributed by atoms with van der Waals surface area (Å²) >= 11 is 6.08. The highest BCUT2D eigenvalue weighted by atomic mass is 35.5. The van der Waals surface area contributed by atoms with E-state index in [1.807, 2.05) is 18.2 Å². The molecule has 2 rings (SSSR count). The van der Waals surface area contributed by atoms with E-state index >= 15 is 0 Å². The molecule has 0 saturated carbocycles. The van der Waals surface area contributed by atoms with Crippen LogP contribution in [0.5, 0.6) is 11.5 Å². The molecule has 0 bridgehead atoms. The van der Waals surface area contributed by atoms with Crippen molar-refractivity contribution in [1.82, 2.24) is 5.32 Å². The number of anilines is 1. The summed E-state index contributed by atoms with van der Waals surface area (Å²) in [4.78, 5) is 13.0. The molecule has 0 aliphatic rings. The minimum atomic E-state index is -3.81. The smallest absolute Gasteiger partial charge is 0.244 e. The van der Waals surface area contributed by atoms with Gasteiger partial charge in [0, 0.05) is 17.1 Å². The van der Waals surface area contributed by atoms with E-state index in [1.54, 1.807) is 32.2 Å². The van der Waals surface area contributed by atoms with E-state index in [1.165, 1.54) is 13.2 Å². The quantitative estimate of drug-likeness (QED) is 0.647. The van der Waals surface area contributed by atoms with Crippen molar-refractivity contribution >= 4 is 33.2 Å². The second kappa shape index (κ2) is 9.84. The molecule has 7 nitrogen and oxygen atoms in total. The predicted octanol–water partition coefficient (Wildman–Crippen LogP) is 3.22. The third-order valence-corrected chi connectivity index (χ3v) is 5.75. The first-order valence-electron chi connectivity index (χ1n) is 8.95. The number of carbonyl (C=O) groups excluding carboxylic acids is 1. The number of ether oxygens (including phenoxy) is 2. The Kier molecular flexibility index (Phi) is 7.75. The summed E-state index contributed by atoms with van der Waals surface area (Å²) in [5.74, 6) is 0.499. The van der Waals surface area contributed by atoms with Crippen molar-refractivity contribution in [2.45, 2.75) is 25.9 Å². The second-order valence-electron chi connectivity index (χ2n) is 6.33. The minimum absolute atomic E-state index is 0.198. The molecule has 0 saturated heterocycles. The standard InChI is InChI=1S/C20H25ClN2O5S/c1-5-16(20(24)22-13-14-8-6-7-9-18(14)27-2)23(29(4,25)26)17-12-15(21)10-11-19(17)28-3/h6-12,16H,5,13H2,1-4H3,(H,22,24). The predicted molar refractivity (Wildman–Crippen MR) is 114 cm³/mol. The Morgan fingerprint density at radius 2 is 1.79 bits per heavy atom. The number of halogens is 1. The molecule has 2 aromatic rings. The maximum Gasteiger partial charge on any atom is 0.244 e. The first-order chi connectivity index (χ1) is 13.7. The lowest BCUT2D eigenvalue weighted by molar-refractivity contribution is -0.122. The van der Waals surface area contributed by atoms with Crippen molar-refractivity contribution in [3.05, 3.63) is 53.1 Å². The van der Waals surface area contributed by atoms with E-state index in [4.69, 9.17) is 21.1 Å². The van der Waals surface area contributed by atoms with Gasteiger partial charge < -0.3 is 14.8 Å². The molecule has 0 aliphatic heterocycles. The Morgan fingerprint density at radius 3 is 2.38 bits per heavy atom. The monoisotopic (exact) mass is 440 g/mol. The van der Waals surface area contributed by atoms with Gasteiger partial charge in [-0.15, -0.1) is 0 Å². The Labute approximate surface area is 176 Å². The topological polar surface area (TPSA) is 84.9 Å². The van der Waals surface area contributed by atoms with Crippen molar-refractivity contribution < 1.29 is 22.7 Å². The summed E-state index contributed by atoms with van der Waals surface area (Å²) in [5, 5.41) is 3.13. The summed E-state index contributed by atoms with van der Waals surface area (Å²) < 4.78 is 36.9. The fourth-order valence-electron chi connectivity index (χ4n) is 3.02. The van der Waals surface area contributed by atoms with Gasteiger partial charge in [0.15, 0.2) is 0 Å². The van der Waals surface area contributed by atoms with E-state index < -0.39 is 22.0 Å². The molecule has 1 amide bonds. The number of methoxy groups -OCH3 is 2. The van der Waals surface area contributed by atoms with Crippen LogP contribution in [0.2, 0.25) is 5.02 Å². The summed E-state index contributed by atoms with van der Waals surface area (Å²) in [7, 11) is -0.836. The number of hydrogen-bond donors (Lipinski definition) is 1. The van der Waals surface area contributed by atoms with Crippen LogP contribution in [0.1, 0.15) is 18.9 Å². The first kappa shape index (κ1) is 22.8. The number of nitrogens with zero attached hydrogens (tertiary/aromatic N) is 1. The fourth-order valence-corrected chi connectivity index (χ4v) is 4.39. The molecule has 0 radical (unpaired) electrons. The van der Waals surface area contributed by atoms with Crippen molar-refractivity contribution in [3.63, 3.8) is 0 Å². The molecule has 29 heavy (non-hydrogen) atoms. The zero-order valence-corrected chi connectivity index (χ0v) is 18.4. The summed E-state index contributed by atoms with van der Waals surface area (Å²) in [5.41, 5.74) is 0.992. The molecule has 0 spiro atoms. The van der Waals surface area contributed by atoms with Crippen molar-refractivity contribution in [3.8, 4) is 11.5 Å². The average Bonchev–Trinajstić information content (AvgIpc) is 2.69. The van der Waals surface area contributed by atoms with Crippen molar-refractivity contribution in [2.24, 2.45) is 0 Å². The van der Waals surface area contributed by atoms with Gasteiger partial charge in [0.05, 0.1) is 26.2 Å². The van der Waals surface area contributed by atoms with E-state index in [-0.39, 0.29) is 18.7 Å². The number of hydrogen-bond acceptors (Lipinski definition) is 5. The Balaban J connectivity index is 2.37. The van der Waals surface area contributed by atoms with E-state index in [0.29, 0.717) is 16.5 Å². The molecule has 1 unspecified atom stereocenters. The summed E-state index contributed by atoms with van der Waals surface area (Å²) in [6.45, 7) is 1.94. The average molecular weight is 441 g/mol. The fraction of sp³-hybridized carbons (Fsp3) is 0.350. The lowest BCUT2D eigenvalue weighted by Gasteiger charge is -2.31. The van der Waals surface area contributed by atoms with Gasteiger partial charge in [-0.1, -0.05) is 36.7 Å². The number of para-hydroxylation sites is 1. The van der Waals surface area contributed by atoms with Crippen LogP contribution in [-0.4, -0.2) is 40.8 Å². The molecule has 0 heterocycles. The van der Waals surface area contributed by atoms with Crippen LogP contribution in [0.15, 0.2) is 42.5 Å². The largest absolute Gasteiger partial charge is 0.496 e. The van der Waals surface area contributed by atoms with Gasteiger partial charge in [0.25, 0.3) is 0 Å². The highest BCUT2D eigenvalue weighted by Gasteiger charge is 2.33. The van der Waals surface area contributed by atoms with Gasteiger partial charge in [-0.3, -0.25) is 9.10 Å². The highest BCUT2D eigenvalue weighted by Crippen LogP contribution is 2.34. The molecule has 9 heteroatoms. The maximum absolute atomic E-state index is 13.0. The van der Waals surface area contributed by atoms with E-state index in [2.05, 4.69) is 5.32 Å². The minimum Gasteiger partial charge on any atom is -0.496 e. The molecule has 0 aromatic heterocycles. The number of rotatable bonds is 9. The third kappa shape index (κ3) is 5.55. The van der Waals surface area contributed by atoms with E-state index in [0.717, 1.165) is 16.1 Å². The van der Waals surface area contributed by atoms with Gasteiger partial charge in [0.1, 0.15) is 17.5 Å². The SMILES string of the molecule is CCC(C(=O)NCc1ccccc1OC)N(c1cc(Cl)ccc1OC)S(C)(=O)=O. The van der Waals surface area contributed by atoms with Crippen LogP contribution in [-0.2, 0) is 21.4 Å². The Morgan fingerprint density at radius 1 is 1.14 bits per heavy atom. The van der Waals surface area contributed by atoms with Gasteiger partial charge in [0.2, 0.25) is 15.9 Å². The van der Waals surface area contributed by atoms with Gasteiger partial charge in [-0.25, -0.2) is 8.42 Å². The number of carbonyl (C=O) groups is 1. The third-order valence-electron chi connectivity index (χ3n) is 4.35. The van der Waals surface area contributed by atoms with Gasteiger partial charge in [-0.2, -0.15) is 0 Å². The lowest BCUT2D eigenvalue weighted by Crippen LogP contribution is -2.49. The zero-order valence-electron chi connectivity index (χ0n) is 16.8. The highest BCUT2D eigenvalue weighted by molar-refractivity contribution is 7.92. The molecule has 1 atom stereocenters. The molecule has 2 aromatic carbocycles. The van der Waals surface area contributed by atoms with Crippen molar-refractivity contribution in [1.29, 1.82) is 0 Å². The number of nitrogens with one attached hydrogen (secondary N) is 1. The van der Waals surface area contributed by atoms with Crippen LogP contribution in [0, 0.1) is 0 Å². The van der Waals surface area contributed by atoms with Crippen LogP contribution < -0.4 is 19.1 Å². The van der Waals surface area contributed by atoms with Gasteiger partial charge >= 0.3 is 0 Å². The molecular formula is C20H25ClN2O5S. The maximum atomic E-state index is 13.0. The molecule has 0 aliphatic carbocycles. The number of sulfonamides is 1.